The fourth-order valence-corrected chi connectivity index (χ4v) is 2.11. The fraction of sp³-hybridized carbons (Fsp3) is 0.750. The van der Waals surface area contributed by atoms with Gasteiger partial charge in [-0.2, -0.15) is 9.97 Å². The van der Waals surface area contributed by atoms with Crippen LogP contribution in [-0.4, -0.2) is 27.6 Å². The van der Waals surface area contributed by atoms with Crippen LogP contribution in [0.4, 0.5) is 5.95 Å². The van der Waals surface area contributed by atoms with Gasteiger partial charge in [0.2, 0.25) is 5.95 Å². The minimum atomic E-state index is -0.0788. The van der Waals surface area contributed by atoms with Crippen molar-refractivity contribution in [2.75, 3.05) is 12.4 Å². The number of anilines is 1. The van der Waals surface area contributed by atoms with Crippen LogP contribution in [0.1, 0.15) is 41.0 Å². The highest BCUT2D eigenvalue weighted by atomic mass is 16.5. The van der Waals surface area contributed by atoms with E-state index in [2.05, 4.69) is 54.9 Å². The standard InChI is InChI=1S/C12H22N4O/c1-11(2,3)7-12(4,5)16-9-13-8-14-10(15-9)17-6/h8H,7H2,1-6H3,(H,13,14,15,16). The normalized spacial score (nSPS) is 12.4. The van der Waals surface area contributed by atoms with Crippen LogP contribution in [0.2, 0.25) is 0 Å². The highest BCUT2D eigenvalue weighted by molar-refractivity contribution is 5.28. The van der Waals surface area contributed by atoms with Crippen molar-refractivity contribution in [2.24, 2.45) is 5.41 Å². The van der Waals surface area contributed by atoms with E-state index < -0.39 is 0 Å². The third kappa shape index (κ3) is 4.97. The summed E-state index contributed by atoms with van der Waals surface area (Å²) < 4.78 is 4.97. The van der Waals surface area contributed by atoms with Gasteiger partial charge < -0.3 is 10.1 Å². The van der Waals surface area contributed by atoms with Crippen LogP contribution in [-0.2, 0) is 0 Å². The maximum Gasteiger partial charge on any atom is 0.320 e. The molecular weight excluding hydrogens is 216 g/mol. The average molecular weight is 238 g/mol. The summed E-state index contributed by atoms with van der Waals surface area (Å²) in [5.41, 5.74) is 0.165. The van der Waals surface area contributed by atoms with Crippen LogP contribution in [0, 0.1) is 5.41 Å². The van der Waals surface area contributed by atoms with Crippen molar-refractivity contribution in [3.8, 4) is 6.01 Å². The summed E-state index contributed by atoms with van der Waals surface area (Å²) in [5.74, 6) is 0.547. The van der Waals surface area contributed by atoms with Crippen LogP contribution in [0.3, 0.4) is 0 Å². The van der Waals surface area contributed by atoms with E-state index in [1.54, 1.807) is 7.11 Å². The van der Waals surface area contributed by atoms with E-state index in [0.29, 0.717) is 12.0 Å². The summed E-state index contributed by atoms with van der Waals surface area (Å²) in [6, 6.07) is 0.328. The smallest absolute Gasteiger partial charge is 0.320 e. The third-order valence-corrected chi connectivity index (χ3v) is 2.15. The first kappa shape index (κ1) is 13.7. The Hall–Kier alpha value is -1.39. The summed E-state index contributed by atoms with van der Waals surface area (Å²) in [6.45, 7) is 10.9. The molecular formula is C12H22N4O. The Balaban J connectivity index is 2.75. The number of hydrogen-bond donors (Lipinski definition) is 1. The second kappa shape index (κ2) is 4.85. The molecule has 1 N–H and O–H groups in total. The van der Waals surface area contributed by atoms with Gasteiger partial charge in [0.1, 0.15) is 6.33 Å². The Bertz CT molecular complexity index is 371. The van der Waals surface area contributed by atoms with Crippen molar-refractivity contribution in [2.45, 2.75) is 46.6 Å². The molecule has 0 unspecified atom stereocenters. The predicted octanol–water partition coefficient (Wildman–Crippen LogP) is 2.51. The van der Waals surface area contributed by atoms with Crippen molar-refractivity contribution < 1.29 is 4.74 Å². The first-order chi connectivity index (χ1) is 7.72. The molecule has 1 heterocycles. The molecule has 0 aromatic carbocycles. The van der Waals surface area contributed by atoms with Gasteiger partial charge in [-0.3, -0.25) is 0 Å². The first-order valence-corrected chi connectivity index (χ1v) is 5.73. The van der Waals surface area contributed by atoms with E-state index in [1.165, 1.54) is 6.33 Å². The maximum atomic E-state index is 4.97. The predicted molar refractivity (Wildman–Crippen MR) is 68.2 cm³/mol. The molecule has 0 saturated carbocycles. The maximum absolute atomic E-state index is 4.97. The summed E-state index contributed by atoms with van der Waals surface area (Å²) in [7, 11) is 1.54. The second-order valence-corrected chi connectivity index (χ2v) is 6.04. The molecule has 17 heavy (non-hydrogen) atoms. The molecule has 1 rings (SSSR count). The topological polar surface area (TPSA) is 59.9 Å². The van der Waals surface area contributed by atoms with Gasteiger partial charge in [-0.05, 0) is 25.7 Å². The SMILES string of the molecule is COc1ncnc(NC(C)(C)CC(C)(C)C)n1. The quantitative estimate of drug-likeness (QED) is 0.873. The van der Waals surface area contributed by atoms with Gasteiger partial charge in [-0.25, -0.2) is 4.98 Å². The Labute approximate surface area is 103 Å². The molecule has 0 saturated heterocycles. The van der Waals surface area contributed by atoms with Gasteiger partial charge in [0.25, 0.3) is 0 Å². The van der Waals surface area contributed by atoms with Crippen molar-refractivity contribution >= 4 is 5.95 Å². The monoisotopic (exact) mass is 238 g/mol. The number of methoxy groups -OCH3 is 1. The van der Waals surface area contributed by atoms with E-state index in [1.807, 2.05) is 0 Å². The van der Waals surface area contributed by atoms with Gasteiger partial charge in [0.15, 0.2) is 0 Å². The van der Waals surface area contributed by atoms with Crippen molar-refractivity contribution in [3.63, 3.8) is 0 Å². The minimum absolute atomic E-state index is 0.0788. The zero-order valence-electron chi connectivity index (χ0n) is 11.5. The molecule has 0 aliphatic heterocycles. The van der Waals surface area contributed by atoms with Crippen LogP contribution in [0.15, 0.2) is 6.33 Å². The van der Waals surface area contributed by atoms with E-state index >= 15 is 0 Å². The summed E-state index contributed by atoms with van der Waals surface area (Å²) in [6.07, 6.45) is 2.45. The molecule has 1 aromatic heterocycles. The van der Waals surface area contributed by atoms with Crippen LogP contribution >= 0.6 is 0 Å². The molecule has 0 spiro atoms. The zero-order valence-corrected chi connectivity index (χ0v) is 11.5. The Kier molecular flexibility index (Phi) is 3.91. The fourth-order valence-electron chi connectivity index (χ4n) is 2.11. The lowest BCUT2D eigenvalue weighted by molar-refractivity contribution is 0.301. The van der Waals surface area contributed by atoms with Crippen molar-refractivity contribution in [1.29, 1.82) is 0 Å². The lowest BCUT2D eigenvalue weighted by Gasteiger charge is -2.33. The Morgan fingerprint density at radius 1 is 1.18 bits per heavy atom. The highest BCUT2D eigenvalue weighted by Gasteiger charge is 2.26. The molecule has 1 aromatic rings. The largest absolute Gasteiger partial charge is 0.467 e. The van der Waals surface area contributed by atoms with Crippen LogP contribution < -0.4 is 10.1 Å². The zero-order chi connectivity index (χ0) is 13.1. The number of aromatic nitrogens is 3. The number of rotatable bonds is 4. The molecule has 0 fully saturated rings. The van der Waals surface area contributed by atoms with Gasteiger partial charge in [-0.15, -0.1) is 0 Å². The van der Waals surface area contributed by atoms with E-state index in [9.17, 15) is 0 Å². The number of nitrogens with one attached hydrogen (secondary N) is 1. The van der Waals surface area contributed by atoms with Gasteiger partial charge in [0, 0.05) is 5.54 Å². The van der Waals surface area contributed by atoms with Gasteiger partial charge in [-0.1, -0.05) is 20.8 Å². The van der Waals surface area contributed by atoms with E-state index in [-0.39, 0.29) is 11.0 Å². The number of hydrogen-bond acceptors (Lipinski definition) is 5. The molecule has 5 nitrogen and oxygen atoms in total. The van der Waals surface area contributed by atoms with Crippen LogP contribution in [0.25, 0.3) is 0 Å². The number of nitrogens with zero attached hydrogens (tertiary/aromatic N) is 3. The molecule has 0 aliphatic carbocycles. The minimum Gasteiger partial charge on any atom is -0.467 e. The highest BCUT2D eigenvalue weighted by Crippen LogP contribution is 2.28. The van der Waals surface area contributed by atoms with E-state index in [4.69, 9.17) is 4.74 Å². The second-order valence-electron chi connectivity index (χ2n) is 6.04. The number of ether oxygens (including phenoxy) is 1. The lowest BCUT2D eigenvalue weighted by atomic mass is 9.82. The first-order valence-electron chi connectivity index (χ1n) is 5.73. The molecule has 5 heteroatoms. The van der Waals surface area contributed by atoms with Crippen LogP contribution in [0.5, 0.6) is 6.01 Å². The average Bonchev–Trinajstić information content (AvgIpc) is 2.13. The van der Waals surface area contributed by atoms with Gasteiger partial charge >= 0.3 is 6.01 Å². The summed E-state index contributed by atoms with van der Waals surface area (Å²) >= 11 is 0. The van der Waals surface area contributed by atoms with Crippen molar-refractivity contribution in [3.05, 3.63) is 6.33 Å². The van der Waals surface area contributed by atoms with Gasteiger partial charge in [0.05, 0.1) is 7.11 Å². The molecule has 0 aliphatic rings. The molecule has 0 radical (unpaired) electrons. The Morgan fingerprint density at radius 3 is 2.35 bits per heavy atom. The lowest BCUT2D eigenvalue weighted by Crippen LogP contribution is -2.36. The summed E-state index contributed by atoms with van der Waals surface area (Å²) in [5, 5.41) is 3.31. The molecule has 0 amide bonds. The third-order valence-electron chi connectivity index (χ3n) is 2.15. The van der Waals surface area contributed by atoms with E-state index in [0.717, 1.165) is 6.42 Å². The molecule has 0 atom stereocenters. The Morgan fingerprint density at radius 2 is 1.82 bits per heavy atom. The molecule has 0 bridgehead atoms. The molecule has 96 valence electrons. The van der Waals surface area contributed by atoms with Crippen molar-refractivity contribution in [1.82, 2.24) is 15.0 Å². The summed E-state index contributed by atoms with van der Waals surface area (Å²) in [4.78, 5) is 12.1.